The molecule has 0 fully saturated rings. The lowest BCUT2D eigenvalue weighted by molar-refractivity contribution is 0.748. The number of fused-ring (bicyclic) bond motifs is 14. The van der Waals surface area contributed by atoms with Gasteiger partial charge in [0.25, 0.3) is 0 Å². The van der Waals surface area contributed by atoms with Gasteiger partial charge in [0.05, 0.1) is 33.5 Å². The average Bonchev–Trinajstić information content (AvgIpc) is 1.47. The zero-order valence-electron chi connectivity index (χ0n) is 50.6. The Hall–Kier alpha value is -11.8. The van der Waals surface area contributed by atoms with Crippen LogP contribution in [-0.2, 0) is 5.41 Å². The molecule has 3 heteroatoms. The number of benzene rings is 15. The summed E-state index contributed by atoms with van der Waals surface area (Å²) in [6, 6.07) is 134. The smallest absolute Gasteiger partial charge is 0.0756 e. The monoisotopic (exact) mass is 1170 g/mol. The second kappa shape index (κ2) is 21.8. The van der Waals surface area contributed by atoms with E-state index in [0.29, 0.717) is 0 Å². The van der Waals surface area contributed by atoms with Crippen LogP contribution in [0.4, 0.5) is 34.1 Å². The molecule has 0 amide bonds. The first-order chi connectivity index (χ1) is 45.7. The van der Waals surface area contributed by atoms with Crippen LogP contribution >= 0.6 is 0 Å². The van der Waals surface area contributed by atoms with Gasteiger partial charge in [-0.3, -0.25) is 0 Å². The van der Waals surface area contributed by atoms with Crippen molar-refractivity contribution in [3.63, 3.8) is 0 Å². The summed E-state index contributed by atoms with van der Waals surface area (Å²) in [6.07, 6.45) is 0. The van der Waals surface area contributed by atoms with Crippen molar-refractivity contribution in [3.05, 3.63) is 414 Å². The Kier molecular flexibility index (Phi) is 12.6. The van der Waals surface area contributed by atoms with E-state index in [1.54, 1.807) is 0 Å². The molecular formula is C89H61N3. The molecule has 0 saturated carbocycles. The van der Waals surface area contributed by atoms with Crippen LogP contribution in [0.2, 0.25) is 0 Å². The van der Waals surface area contributed by atoms with E-state index < -0.39 is 5.41 Å². The summed E-state index contributed by atoms with van der Waals surface area (Å²) in [5.41, 5.74) is 24.4. The quantitative estimate of drug-likeness (QED) is 0.113. The molecule has 18 rings (SSSR count). The molecule has 0 saturated heterocycles. The topological polar surface area (TPSA) is 11.4 Å². The molecule has 2 aliphatic rings. The van der Waals surface area contributed by atoms with E-state index in [9.17, 15) is 0 Å². The van der Waals surface area contributed by atoms with Crippen LogP contribution < -0.4 is 9.80 Å². The summed E-state index contributed by atoms with van der Waals surface area (Å²) < 4.78 is 2.55. The number of hydrogen-bond donors (Lipinski definition) is 0. The molecule has 0 radical (unpaired) electrons. The van der Waals surface area contributed by atoms with E-state index in [-0.39, 0.29) is 11.8 Å². The maximum absolute atomic E-state index is 2.55. The van der Waals surface area contributed by atoms with Crippen LogP contribution in [0.1, 0.15) is 67.5 Å². The molecule has 0 bridgehead atoms. The first kappa shape index (κ1) is 53.3. The van der Waals surface area contributed by atoms with Crippen LogP contribution in [0.5, 0.6) is 0 Å². The van der Waals surface area contributed by atoms with Crippen LogP contribution in [0, 0.1) is 0 Å². The molecule has 0 N–H and O–H groups in total. The summed E-state index contributed by atoms with van der Waals surface area (Å²) in [5, 5.41) is 7.24. The lowest BCUT2D eigenvalue weighted by atomic mass is 9.65. The van der Waals surface area contributed by atoms with E-state index in [1.807, 2.05) is 0 Å². The Morgan fingerprint density at radius 1 is 0.250 bits per heavy atom. The Morgan fingerprint density at radius 2 is 0.609 bits per heavy atom. The van der Waals surface area contributed by atoms with Crippen LogP contribution in [-0.4, -0.2) is 4.57 Å². The van der Waals surface area contributed by atoms with E-state index in [4.69, 9.17) is 0 Å². The van der Waals surface area contributed by atoms with Gasteiger partial charge in [0.1, 0.15) is 0 Å². The maximum atomic E-state index is 2.55. The van der Waals surface area contributed by atoms with Crippen molar-refractivity contribution in [1.82, 2.24) is 4.57 Å². The standard InChI is InChI=1S/C89H61N3/c1-5-26-62(27-6-1)86(63-28-7-2-8-29-63)66-46-50-68(51-47-66)90(82-44-21-34-60-24-13-15-36-72(60)82)70-54-56-74-75-57-55-71(59-81(75)89(80(74)58-70)78-40-18-20-43-85(78)92-84-42-19-17-38-76(84)77-39-23-41-79(89)88(77)92)91(83-45-22-35-61-25-14-16-37-73(61)83)69-52-48-67(49-53-69)87(64-30-9-3-10-31-64)65-32-11-4-12-33-65/h1-59,86-87H. The molecule has 1 aliphatic heterocycles. The van der Waals surface area contributed by atoms with Gasteiger partial charge in [-0.05, 0) is 150 Å². The molecule has 1 spiro atoms. The van der Waals surface area contributed by atoms with Gasteiger partial charge in [-0.1, -0.05) is 285 Å². The van der Waals surface area contributed by atoms with Gasteiger partial charge in [-0.25, -0.2) is 0 Å². The van der Waals surface area contributed by atoms with Crippen molar-refractivity contribution < 1.29 is 0 Å². The second-order valence-corrected chi connectivity index (χ2v) is 24.6. The lowest BCUT2D eigenvalue weighted by Crippen LogP contribution is -2.33. The highest BCUT2D eigenvalue weighted by molar-refractivity contribution is 6.13. The Balaban J connectivity index is 0.876. The van der Waals surface area contributed by atoms with Gasteiger partial charge in [0, 0.05) is 56.1 Å². The van der Waals surface area contributed by atoms with Gasteiger partial charge in [0.2, 0.25) is 0 Å². The second-order valence-electron chi connectivity index (χ2n) is 24.6. The lowest BCUT2D eigenvalue weighted by Gasteiger charge is -2.40. The molecule has 0 unspecified atom stereocenters. The number of anilines is 6. The van der Waals surface area contributed by atoms with Crippen molar-refractivity contribution in [2.45, 2.75) is 17.3 Å². The van der Waals surface area contributed by atoms with Crippen molar-refractivity contribution in [1.29, 1.82) is 0 Å². The normalized spacial score (nSPS) is 12.6. The Labute approximate surface area is 536 Å². The molecule has 1 aromatic heterocycles. The van der Waals surface area contributed by atoms with E-state index in [1.165, 1.54) is 116 Å². The molecule has 16 aromatic rings. The molecule has 92 heavy (non-hydrogen) atoms. The SMILES string of the molecule is c1ccc(C(c2ccccc2)c2ccc(N(c3ccc4c(c3)C3(c5cc(N(c6ccc(C(c7ccccc7)c7ccccc7)cc6)c6cccc7ccccc67)ccc5-4)c4ccccc4-n4c5ccccc5c5cccc3c54)c3cccc4ccccc34)cc2)cc1. The number of nitrogens with zero attached hydrogens (tertiary/aromatic N) is 3. The first-order valence-electron chi connectivity index (χ1n) is 32.0. The fourth-order valence-corrected chi connectivity index (χ4v) is 15.9. The minimum absolute atomic E-state index is 0.0629. The summed E-state index contributed by atoms with van der Waals surface area (Å²) >= 11 is 0. The van der Waals surface area contributed by atoms with Crippen LogP contribution in [0.15, 0.2) is 358 Å². The zero-order chi connectivity index (χ0) is 60.7. The van der Waals surface area contributed by atoms with E-state index in [2.05, 4.69) is 372 Å². The van der Waals surface area contributed by atoms with E-state index >= 15 is 0 Å². The Morgan fingerprint density at radius 3 is 1.10 bits per heavy atom. The molecule has 2 heterocycles. The summed E-state index contributed by atoms with van der Waals surface area (Å²) in [5.74, 6) is 0.126. The van der Waals surface area contributed by atoms with Crippen molar-refractivity contribution in [3.8, 4) is 16.8 Å². The number of hydrogen-bond acceptors (Lipinski definition) is 2. The summed E-state index contributed by atoms with van der Waals surface area (Å²) in [4.78, 5) is 5.01. The minimum Gasteiger partial charge on any atom is -0.310 e. The summed E-state index contributed by atoms with van der Waals surface area (Å²) in [7, 11) is 0. The highest BCUT2D eigenvalue weighted by Gasteiger charge is 2.51. The highest BCUT2D eigenvalue weighted by atomic mass is 15.2. The van der Waals surface area contributed by atoms with Gasteiger partial charge in [0.15, 0.2) is 0 Å². The van der Waals surface area contributed by atoms with Crippen molar-refractivity contribution >= 4 is 77.5 Å². The predicted octanol–water partition coefficient (Wildman–Crippen LogP) is 23.1. The van der Waals surface area contributed by atoms with E-state index in [0.717, 1.165) is 34.1 Å². The molecule has 3 nitrogen and oxygen atoms in total. The number of aromatic nitrogens is 1. The first-order valence-corrected chi connectivity index (χ1v) is 32.0. The zero-order valence-corrected chi connectivity index (χ0v) is 50.6. The largest absolute Gasteiger partial charge is 0.310 e. The molecule has 15 aromatic carbocycles. The molecule has 1 aliphatic carbocycles. The minimum atomic E-state index is -0.781. The predicted molar refractivity (Wildman–Crippen MR) is 384 cm³/mol. The average molecular weight is 1170 g/mol. The third-order valence-electron chi connectivity index (χ3n) is 19.8. The van der Waals surface area contributed by atoms with Crippen molar-refractivity contribution in [2.75, 3.05) is 9.80 Å². The fraction of sp³-hybridized carbons (Fsp3) is 0.0337. The molecule has 432 valence electrons. The highest BCUT2D eigenvalue weighted by Crippen LogP contribution is 2.63. The Bertz CT molecular complexity index is 5110. The van der Waals surface area contributed by atoms with Crippen LogP contribution in [0.3, 0.4) is 0 Å². The number of rotatable bonds is 12. The number of para-hydroxylation sites is 3. The van der Waals surface area contributed by atoms with Gasteiger partial charge in [-0.15, -0.1) is 0 Å². The fourth-order valence-electron chi connectivity index (χ4n) is 15.9. The van der Waals surface area contributed by atoms with Crippen molar-refractivity contribution in [2.24, 2.45) is 0 Å². The summed E-state index contributed by atoms with van der Waals surface area (Å²) in [6.45, 7) is 0. The maximum Gasteiger partial charge on any atom is 0.0756 e. The third-order valence-corrected chi connectivity index (χ3v) is 19.8. The van der Waals surface area contributed by atoms with Crippen LogP contribution in [0.25, 0.3) is 60.2 Å². The molecular weight excluding hydrogens is 1110 g/mol. The van der Waals surface area contributed by atoms with Gasteiger partial charge >= 0.3 is 0 Å². The third kappa shape index (κ3) is 8.36. The van der Waals surface area contributed by atoms with Gasteiger partial charge < -0.3 is 14.4 Å². The van der Waals surface area contributed by atoms with Gasteiger partial charge in [-0.2, -0.15) is 0 Å². The molecule has 0 atom stereocenters.